The Bertz CT molecular complexity index is 746. The molecule has 1 amide bonds. The molecule has 0 bridgehead atoms. The lowest BCUT2D eigenvalue weighted by Gasteiger charge is -2.16. The zero-order chi connectivity index (χ0) is 20.0. The van der Waals surface area contributed by atoms with Gasteiger partial charge in [-0.2, -0.15) is 0 Å². The van der Waals surface area contributed by atoms with Crippen molar-refractivity contribution in [3.8, 4) is 0 Å². The number of hydrogen-bond acceptors (Lipinski definition) is 4. The van der Waals surface area contributed by atoms with Crippen molar-refractivity contribution < 1.29 is 17.9 Å². The molecule has 0 saturated carbocycles. The number of carbonyl (C=O) groups is 1. The number of benzene rings is 1. The van der Waals surface area contributed by atoms with Crippen LogP contribution >= 0.6 is 11.6 Å². The molecular weight excluding hydrogens is 388 g/mol. The second-order valence-electron chi connectivity index (χ2n) is 7.48. The molecule has 2 unspecified atom stereocenters. The van der Waals surface area contributed by atoms with Gasteiger partial charge in [-0.05, 0) is 56.7 Å². The summed E-state index contributed by atoms with van der Waals surface area (Å²) in [6, 6.07) is 4.31. The summed E-state index contributed by atoms with van der Waals surface area (Å²) in [5.74, 6) is 0.255. The average molecular weight is 417 g/mol. The highest BCUT2D eigenvalue weighted by Gasteiger charge is 2.23. The van der Waals surface area contributed by atoms with Gasteiger partial charge in [0.1, 0.15) is 4.90 Å². The predicted molar refractivity (Wildman–Crippen MR) is 107 cm³/mol. The summed E-state index contributed by atoms with van der Waals surface area (Å²) >= 11 is 6.09. The monoisotopic (exact) mass is 416 g/mol. The first-order chi connectivity index (χ1) is 12.7. The summed E-state index contributed by atoms with van der Waals surface area (Å²) in [7, 11) is -3.83. The number of halogens is 1. The van der Waals surface area contributed by atoms with Crippen LogP contribution in [0.5, 0.6) is 0 Å². The first-order valence-corrected chi connectivity index (χ1v) is 11.3. The number of carbonyl (C=O) groups excluding carboxylic acids is 1. The Morgan fingerprint density at radius 3 is 2.67 bits per heavy atom. The summed E-state index contributed by atoms with van der Waals surface area (Å²) < 4.78 is 33.2. The Morgan fingerprint density at radius 1 is 1.30 bits per heavy atom. The van der Waals surface area contributed by atoms with E-state index >= 15 is 0 Å². The number of ether oxygens (including phenoxy) is 1. The summed E-state index contributed by atoms with van der Waals surface area (Å²) in [6.45, 7) is 7.05. The highest BCUT2D eigenvalue weighted by atomic mass is 35.5. The molecule has 2 atom stereocenters. The fraction of sp³-hybridized carbons (Fsp3) is 0.632. The molecule has 2 N–H and O–H groups in total. The fourth-order valence-corrected chi connectivity index (χ4v) is 4.49. The van der Waals surface area contributed by atoms with Crippen LogP contribution in [0.1, 0.15) is 56.8 Å². The lowest BCUT2D eigenvalue weighted by molar-refractivity contribution is 0.0937. The predicted octanol–water partition coefficient (Wildman–Crippen LogP) is 3.35. The van der Waals surface area contributed by atoms with E-state index in [1.165, 1.54) is 18.2 Å². The minimum absolute atomic E-state index is 0.00766. The van der Waals surface area contributed by atoms with Gasteiger partial charge in [0, 0.05) is 24.8 Å². The van der Waals surface area contributed by atoms with Gasteiger partial charge in [-0.15, -0.1) is 0 Å². The Morgan fingerprint density at radius 2 is 2.04 bits per heavy atom. The van der Waals surface area contributed by atoms with Crippen molar-refractivity contribution in [2.24, 2.45) is 5.92 Å². The molecule has 152 valence electrons. The standard InChI is InChI=1S/C19H29ClN2O4S/c1-13(2)6-7-14(3)22-19(23)15-8-9-17(20)18(11-15)27(24,25)21-12-16-5-4-10-26-16/h8-9,11,13-14,16,21H,4-7,10,12H2,1-3H3,(H,22,23). The minimum Gasteiger partial charge on any atom is -0.377 e. The smallest absolute Gasteiger partial charge is 0.251 e. The molecule has 1 saturated heterocycles. The largest absolute Gasteiger partial charge is 0.377 e. The number of nitrogens with one attached hydrogen (secondary N) is 2. The van der Waals surface area contributed by atoms with E-state index < -0.39 is 10.0 Å². The van der Waals surface area contributed by atoms with Gasteiger partial charge in [0.15, 0.2) is 0 Å². The third-order valence-corrected chi connectivity index (χ3v) is 6.47. The van der Waals surface area contributed by atoms with E-state index in [0.717, 1.165) is 25.7 Å². The van der Waals surface area contributed by atoms with Crippen molar-refractivity contribution in [1.82, 2.24) is 10.0 Å². The maximum absolute atomic E-state index is 12.6. The highest BCUT2D eigenvalue weighted by molar-refractivity contribution is 7.89. The van der Waals surface area contributed by atoms with E-state index in [2.05, 4.69) is 23.9 Å². The molecule has 2 rings (SSSR count). The van der Waals surface area contributed by atoms with Crippen LogP contribution in [-0.2, 0) is 14.8 Å². The van der Waals surface area contributed by atoms with Crippen LogP contribution in [0.2, 0.25) is 5.02 Å². The van der Waals surface area contributed by atoms with Gasteiger partial charge in [-0.25, -0.2) is 13.1 Å². The summed E-state index contributed by atoms with van der Waals surface area (Å²) in [5, 5.41) is 2.99. The molecule has 1 heterocycles. The van der Waals surface area contributed by atoms with E-state index in [9.17, 15) is 13.2 Å². The van der Waals surface area contributed by atoms with Gasteiger partial charge in [-0.1, -0.05) is 25.4 Å². The van der Waals surface area contributed by atoms with Crippen LogP contribution in [0.15, 0.2) is 23.1 Å². The van der Waals surface area contributed by atoms with Crippen molar-refractivity contribution in [1.29, 1.82) is 0 Å². The van der Waals surface area contributed by atoms with Gasteiger partial charge < -0.3 is 10.1 Å². The molecule has 0 spiro atoms. The zero-order valence-corrected chi connectivity index (χ0v) is 17.7. The lowest BCUT2D eigenvalue weighted by atomic mass is 10.0. The number of rotatable bonds is 9. The zero-order valence-electron chi connectivity index (χ0n) is 16.1. The van der Waals surface area contributed by atoms with Crippen molar-refractivity contribution in [3.63, 3.8) is 0 Å². The molecular formula is C19H29ClN2O4S. The third-order valence-electron chi connectivity index (χ3n) is 4.56. The van der Waals surface area contributed by atoms with Crippen molar-refractivity contribution in [2.75, 3.05) is 13.2 Å². The summed E-state index contributed by atoms with van der Waals surface area (Å²) in [6.07, 6.45) is 3.51. The molecule has 8 heteroatoms. The van der Waals surface area contributed by atoms with Crippen LogP contribution in [0.25, 0.3) is 0 Å². The quantitative estimate of drug-likeness (QED) is 0.646. The van der Waals surface area contributed by atoms with E-state index in [1.54, 1.807) is 0 Å². The van der Waals surface area contributed by atoms with Gasteiger partial charge in [0.05, 0.1) is 11.1 Å². The topological polar surface area (TPSA) is 84.5 Å². The molecule has 1 fully saturated rings. The molecule has 0 radical (unpaired) electrons. The third kappa shape index (κ3) is 6.75. The molecule has 0 aromatic heterocycles. The Labute approximate surface area is 167 Å². The van der Waals surface area contributed by atoms with E-state index in [-0.39, 0.29) is 40.1 Å². The second kappa shape index (κ2) is 9.87. The Kier molecular flexibility index (Phi) is 8.09. The average Bonchev–Trinajstić information content (AvgIpc) is 3.12. The molecule has 1 aliphatic heterocycles. The summed E-state index contributed by atoms with van der Waals surface area (Å²) in [4.78, 5) is 12.4. The van der Waals surface area contributed by atoms with Crippen LogP contribution in [0.4, 0.5) is 0 Å². The number of sulfonamides is 1. The molecule has 1 aliphatic rings. The van der Waals surface area contributed by atoms with Crippen molar-refractivity contribution in [2.45, 2.75) is 63.5 Å². The lowest BCUT2D eigenvalue weighted by Crippen LogP contribution is -2.34. The Hall–Kier alpha value is -1.15. The van der Waals surface area contributed by atoms with E-state index in [1.807, 2.05) is 6.92 Å². The first kappa shape index (κ1) is 22.1. The molecule has 1 aromatic rings. The molecule has 0 aliphatic carbocycles. The van der Waals surface area contributed by atoms with Gasteiger partial charge >= 0.3 is 0 Å². The van der Waals surface area contributed by atoms with Gasteiger partial charge in [-0.3, -0.25) is 4.79 Å². The normalized spacial score (nSPS) is 18.6. The second-order valence-corrected chi connectivity index (χ2v) is 9.62. The fourth-order valence-electron chi connectivity index (χ4n) is 2.90. The highest BCUT2D eigenvalue weighted by Crippen LogP contribution is 2.23. The first-order valence-electron chi connectivity index (χ1n) is 9.40. The van der Waals surface area contributed by atoms with Crippen LogP contribution in [-0.4, -0.2) is 39.6 Å². The minimum atomic E-state index is -3.83. The Balaban J connectivity index is 2.06. The van der Waals surface area contributed by atoms with Crippen molar-refractivity contribution in [3.05, 3.63) is 28.8 Å². The van der Waals surface area contributed by atoms with Crippen LogP contribution < -0.4 is 10.0 Å². The van der Waals surface area contributed by atoms with Crippen LogP contribution in [0.3, 0.4) is 0 Å². The number of hydrogen-bond donors (Lipinski definition) is 2. The maximum atomic E-state index is 12.6. The SMILES string of the molecule is CC(C)CCC(C)NC(=O)c1ccc(Cl)c(S(=O)(=O)NCC2CCCO2)c1. The molecule has 6 nitrogen and oxygen atoms in total. The summed E-state index contributed by atoms with van der Waals surface area (Å²) in [5.41, 5.74) is 0.272. The van der Waals surface area contributed by atoms with Gasteiger partial charge in [0.2, 0.25) is 10.0 Å². The number of amides is 1. The van der Waals surface area contributed by atoms with E-state index in [4.69, 9.17) is 16.3 Å². The molecule has 1 aromatic carbocycles. The molecule has 27 heavy (non-hydrogen) atoms. The van der Waals surface area contributed by atoms with Crippen molar-refractivity contribution >= 4 is 27.5 Å². The van der Waals surface area contributed by atoms with Crippen LogP contribution in [0, 0.1) is 5.92 Å². The van der Waals surface area contributed by atoms with E-state index in [0.29, 0.717) is 12.5 Å². The van der Waals surface area contributed by atoms with Gasteiger partial charge in [0.25, 0.3) is 5.91 Å². The maximum Gasteiger partial charge on any atom is 0.251 e.